The maximum Gasteiger partial charge on any atom is 0.255 e. The first kappa shape index (κ1) is 20.8. The minimum Gasteiger partial charge on any atom is -0.497 e. The van der Waals surface area contributed by atoms with Gasteiger partial charge in [0, 0.05) is 12.0 Å². The van der Waals surface area contributed by atoms with Crippen LogP contribution in [-0.2, 0) is 6.61 Å². The van der Waals surface area contributed by atoms with Crippen LogP contribution in [0.3, 0.4) is 0 Å². The Morgan fingerprint density at radius 1 is 1.06 bits per heavy atom. The van der Waals surface area contributed by atoms with Crippen LogP contribution in [0, 0.1) is 0 Å². The SMILES string of the molecule is COc1ccc2c(c1)C(NC(=O)c1ccccc1OCc1ccccc1)CC(C)(C)O2. The zero-order chi connectivity index (χ0) is 21.8. The van der Waals surface area contributed by atoms with Crippen molar-refractivity contribution in [2.45, 2.75) is 38.5 Å². The maximum atomic E-state index is 13.3. The fourth-order valence-corrected chi connectivity index (χ4v) is 3.84. The lowest BCUT2D eigenvalue weighted by molar-refractivity contribution is 0.0617. The molecule has 5 nitrogen and oxygen atoms in total. The predicted molar refractivity (Wildman–Crippen MR) is 120 cm³/mol. The normalized spacial score (nSPS) is 16.5. The smallest absolute Gasteiger partial charge is 0.255 e. The van der Waals surface area contributed by atoms with Crippen molar-refractivity contribution in [1.29, 1.82) is 0 Å². The number of carbonyl (C=O) groups excluding carboxylic acids is 1. The summed E-state index contributed by atoms with van der Waals surface area (Å²) in [4.78, 5) is 13.3. The Morgan fingerprint density at radius 3 is 2.58 bits per heavy atom. The van der Waals surface area contributed by atoms with Crippen molar-refractivity contribution in [2.75, 3.05) is 7.11 Å². The fraction of sp³-hybridized carbons (Fsp3) is 0.269. The van der Waals surface area contributed by atoms with Gasteiger partial charge in [-0.3, -0.25) is 4.79 Å². The highest BCUT2D eigenvalue weighted by molar-refractivity contribution is 5.97. The molecule has 0 aromatic heterocycles. The molecule has 4 rings (SSSR count). The third kappa shape index (κ3) is 4.82. The lowest BCUT2D eigenvalue weighted by Gasteiger charge is -2.38. The van der Waals surface area contributed by atoms with E-state index in [2.05, 4.69) is 5.32 Å². The fourth-order valence-electron chi connectivity index (χ4n) is 3.84. The minimum absolute atomic E-state index is 0.180. The molecule has 1 atom stereocenters. The van der Waals surface area contributed by atoms with Crippen molar-refractivity contribution in [3.8, 4) is 17.2 Å². The maximum absolute atomic E-state index is 13.3. The van der Waals surface area contributed by atoms with Crippen molar-refractivity contribution in [2.24, 2.45) is 0 Å². The molecule has 0 fully saturated rings. The molecule has 1 aliphatic heterocycles. The Balaban J connectivity index is 1.56. The van der Waals surface area contributed by atoms with E-state index in [1.807, 2.05) is 80.6 Å². The third-order valence-corrected chi connectivity index (χ3v) is 5.35. The molecule has 0 radical (unpaired) electrons. The molecule has 160 valence electrons. The highest BCUT2D eigenvalue weighted by Crippen LogP contribution is 2.41. The number of carbonyl (C=O) groups is 1. The van der Waals surface area contributed by atoms with Gasteiger partial charge in [0.1, 0.15) is 29.5 Å². The molecule has 31 heavy (non-hydrogen) atoms. The summed E-state index contributed by atoms with van der Waals surface area (Å²) in [5, 5.41) is 3.18. The van der Waals surface area contributed by atoms with Crippen molar-refractivity contribution >= 4 is 5.91 Å². The first-order valence-corrected chi connectivity index (χ1v) is 10.4. The second kappa shape index (κ2) is 8.72. The quantitative estimate of drug-likeness (QED) is 0.591. The van der Waals surface area contributed by atoms with E-state index in [0.29, 0.717) is 24.3 Å². The predicted octanol–water partition coefficient (Wildman–Crippen LogP) is 5.31. The molecule has 3 aromatic carbocycles. The molecule has 1 aliphatic rings. The number of nitrogens with one attached hydrogen (secondary N) is 1. The molecule has 1 amide bonds. The molecule has 0 bridgehead atoms. The Morgan fingerprint density at radius 2 is 1.81 bits per heavy atom. The summed E-state index contributed by atoms with van der Waals surface area (Å²) >= 11 is 0. The van der Waals surface area contributed by atoms with E-state index in [0.717, 1.165) is 22.6 Å². The van der Waals surface area contributed by atoms with Crippen LogP contribution in [0.1, 0.15) is 47.8 Å². The molecule has 0 saturated carbocycles. The molecule has 1 unspecified atom stereocenters. The Hall–Kier alpha value is -3.47. The minimum atomic E-state index is -0.400. The average Bonchev–Trinajstić information content (AvgIpc) is 2.77. The van der Waals surface area contributed by atoms with Crippen LogP contribution in [0.2, 0.25) is 0 Å². The lowest BCUT2D eigenvalue weighted by atomic mass is 9.89. The van der Waals surface area contributed by atoms with E-state index in [1.165, 1.54) is 0 Å². The average molecular weight is 418 g/mol. The van der Waals surface area contributed by atoms with Gasteiger partial charge in [-0.15, -0.1) is 0 Å². The summed E-state index contributed by atoms with van der Waals surface area (Å²) in [6.45, 7) is 4.45. The number of hydrogen-bond donors (Lipinski definition) is 1. The molecule has 1 heterocycles. The largest absolute Gasteiger partial charge is 0.497 e. The van der Waals surface area contributed by atoms with Gasteiger partial charge in [0.15, 0.2) is 0 Å². The van der Waals surface area contributed by atoms with Gasteiger partial charge in [-0.05, 0) is 49.7 Å². The van der Waals surface area contributed by atoms with Crippen molar-refractivity contribution in [3.05, 3.63) is 89.5 Å². The lowest BCUT2D eigenvalue weighted by Crippen LogP contribution is -2.41. The number of rotatable bonds is 6. The summed E-state index contributed by atoms with van der Waals surface area (Å²) in [7, 11) is 1.63. The second-order valence-corrected chi connectivity index (χ2v) is 8.27. The van der Waals surface area contributed by atoms with Crippen molar-refractivity contribution in [1.82, 2.24) is 5.32 Å². The van der Waals surface area contributed by atoms with Gasteiger partial charge >= 0.3 is 0 Å². The van der Waals surface area contributed by atoms with Crippen LogP contribution in [0.5, 0.6) is 17.2 Å². The van der Waals surface area contributed by atoms with Gasteiger partial charge < -0.3 is 19.5 Å². The first-order chi connectivity index (χ1) is 14.9. The summed E-state index contributed by atoms with van der Waals surface area (Å²) in [5.74, 6) is 1.87. The van der Waals surface area contributed by atoms with E-state index >= 15 is 0 Å². The number of para-hydroxylation sites is 1. The van der Waals surface area contributed by atoms with E-state index in [1.54, 1.807) is 13.2 Å². The van der Waals surface area contributed by atoms with Gasteiger partial charge in [-0.1, -0.05) is 42.5 Å². The zero-order valence-corrected chi connectivity index (χ0v) is 18.1. The second-order valence-electron chi connectivity index (χ2n) is 8.27. The Bertz CT molecular complexity index is 1060. The molecular weight excluding hydrogens is 390 g/mol. The van der Waals surface area contributed by atoms with Crippen LogP contribution in [-0.4, -0.2) is 18.6 Å². The van der Waals surface area contributed by atoms with Gasteiger partial charge in [0.05, 0.1) is 18.7 Å². The number of methoxy groups -OCH3 is 1. The summed E-state index contributed by atoms with van der Waals surface area (Å²) < 4.78 is 17.5. The summed E-state index contributed by atoms with van der Waals surface area (Å²) in [5.41, 5.74) is 2.06. The van der Waals surface area contributed by atoms with E-state index < -0.39 is 5.60 Å². The number of benzene rings is 3. The first-order valence-electron chi connectivity index (χ1n) is 10.4. The van der Waals surface area contributed by atoms with Gasteiger partial charge in [0.2, 0.25) is 0 Å². The van der Waals surface area contributed by atoms with Crippen LogP contribution in [0.15, 0.2) is 72.8 Å². The number of fused-ring (bicyclic) bond motifs is 1. The van der Waals surface area contributed by atoms with Crippen molar-refractivity contribution < 1.29 is 19.0 Å². The zero-order valence-electron chi connectivity index (χ0n) is 18.1. The highest BCUT2D eigenvalue weighted by Gasteiger charge is 2.35. The van der Waals surface area contributed by atoms with Crippen LogP contribution >= 0.6 is 0 Å². The Labute approximate surface area is 183 Å². The molecule has 0 aliphatic carbocycles. The molecule has 0 spiro atoms. The monoisotopic (exact) mass is 417 g/mol. The molecule has 3 aromatic rings. The van der Waals surface area contributed by atoms with E-state index in [4.69, 9.17) is 14.2 Å². The molecular formula is C26H27NO4. The summed E-state index contributed by atoms with van der Waals surface area (Å²) in [6.07, 6.45) is 0.645. The Kier molecular flexibility index (Phi) is 5.85. The standard InChI is InChI=1S/C26H27NO4/c1-26(2)16-22(21-15-19(29-3)13-14-24(21)31-26)27-25(28)20-11-7-8-12-23(20)30-17-18-9-5-4-6-10-18/h4-15,22H,16-17H2,1-3H3,(H,27,28). The van der Waals surface area contributed by atoms with Crippen LogP contribution in [0.25, 0.3) is 0 Å². The summed E-state index contributed by atoms with van der Waals surface area (Å²) in [6, 6.07) is 22.7. The van der Waals surface area contributed by atoms with Crippen LogP contribution in [0.4, 0.5) is 0 Å². The molecule has 5 heteroatoms. The van der Waals surface area contributed by atoms with Gasteiger partial charge in [-0.25, -0.2) is 0 Å². The molecule has 0 saturated heterocycles. The highest BCUT2D eigenvalue weighted by atomic mass is 16.5. The van der Waals surface area contributed by atoms with E-state index in [9.17, 15) is 4.79 Å². The topological polar surface area (TPSA) is 56.8 Å². The number of ether oxygens (including phenoxy) is 3. The molecule has 1 N–H and O–H groups in total. The van der Waals surface area contributed by atoms with Gasteiger partial charge in [-0.2, -0.15) is 0 Å². The number of hydrogen-bond acceptors (Lipinski definition) is 4. The van der Waals surface area contributed by atoms with Crippen molar-refractivity contribution in [3.63, 3.8) is 0 Å². The number of amides is 1. The van der Waals surface area contributed by atoms with Gasteiger partial charge in [0.25, 0.3) is 5.91 Å². The third-order valence-electron chi connectivity index (χ3n) is 5.35. The van der Waals surface area contributed by atoms with Crippen LogP contribution < -0.4 is 19.5 Å². The van der Waals surface area contributed by atoms with E-state index in [-0.39, 0.29) is 11.9 Å².